The number of hydrogen-bond donors (Lipinski definition) is 2. The van der Waals surface area contributed by atoms with Crippen LogP contribution in [0.3, 0.4) is 0 Å². The second kappa shape index (κ2) is 5.45. The molecule has 1 aromatic rings. The summed E-state index contributed by atoms with van der Waals surface area (Å²) in [6, 6.07) is 5.24. The Morgan fingerprint density at radius 1 is 1.35 bits per heavy atom. The molecule has 0 atom stereocenters. The van der Waals surface area contributed by atoms with E-state index in [2.05, 4.69) is 0 Å². The maximum Gasteiger partial charge on any atom is 0.248 e. The van der Waals surface area contributed by atoms with Crippen LogP contribution in [-0.2, 0) is 0 Å². The Hall–Kier alpha value is -1.16. The van der Waals surface area contributed by atoms with Gasteiger partial charge in [0.1, 0.15) is 0 Å². The lowest BCUT2D eigenvalue weighted by atomic mass is 10.1. The zero-order valence-electron chi connectivity index (χ0n) is 9.82. The summed E-state index contributed by atoms with van der Waals surface area (Å²) in [6.07, 6.45) is 5.34. The first kappa shape index (κ1) is 12.3. The molecular formula is C13H18N2OS. The number of anilines is 1. The largest absolute Gasteiger partial charge is 0.398 e. The van der Waals surface area contributed by atoms with Crippen molar-refractivity contribution in [3.8, 4) is 0 Å². The molecule has 0 saturated heterocycles. The zero-order valence-corrected chi connectivity index (χ0v) is 10.6. The molecule has 0 unspecified atom stereocenters. The lowest BCUT2D eigenvalue weighted by Gasteiger charge is -2.10. The van der Waals surface area contributed by atoms with E-state index in [-0.39, 0.29) is 0 Å². The van der Waals surface area contributed by atoms with Gasteiger partial charge in [-0.15, -0.1) is 11.8 Å². The molecule has 1 aromatic carbocycles. The average molecular weight is 250 g/mol. The van der Waals surface area contributed by atoms with Crippen LogP contribution in [0.1, 0.15) is 36.0 Å². The number of hydrogen-bond acceptors (Lipinski definition) is 3. The van der Waals surface area contributed by atoms with E-state index in [1.807, 2.05) is 0 Å². The summed E-state index contributed by atoms with van der Waals surface area (Å²) < 4.78 is 0. The summed E-state index contributed by atoms with van der Waals surface area (Å²) in [4.78, 5) is 12.1. The monoisotopic (exact) mass is 250 g/mol. The molecule has 3 nitrogen and oxygen atoms in total. The lowest BCUT2D eigenvalue weighted by molar-refractivity contribution is 0.1000. The summed E-state index contributed by atoms with van der Waals surface area (Å²) in [6.45, 7) is 0. The maximum atomic E-state index is 11.1. The molecule has 0 radical (unpaired) electrons. The Balaban J connectivity index is 2.03. The molecular weight excluding hydrogens is 232 g/mol. The van der Waals surface area contributed by atoms with Crippen LogP contribution >= 0.6 is 11.8 Å². The molecule has 4 heteroatoms. The minimum absolute atomic E-state index is 0.396. The van der Waals surface area contributed by atoms with Gasteiger partial charge in [-0.2, -0.15) is 0 Å². The number of nitrogen functional groups attached to an aromatic ring is 1. The maximum absolute atomic E-state index is 11.1. The van der Waals surface area contributed by atoms with E-state index in [0.717, 1.165) is 22.3 Å². The van der Waals surface area contributed by atoms with Crippen LogP contribution in [0.5, 0.6) is 0 Å². The summed E-state index contributed by atoms with van der Waals surface area (Å²) in [7, 11) is 0. The number of rotatable bonds is 4. The minimum atomic E-state index is -0.396. The van der Waals surface area contributed by atoms with Crippen LogP contribution in [0.15, 0.2) is 23.1 Å². The van der Waals surface area contributed by atoms with Gasteiger partial charge >= 0.3 is 0 Å². The van der Waals surface area contributed by atoms with Crippen molar-refractivity contribution in [2.24, 2.45) is 11.7 Å². The molecule has 92 valence electrons. The van der Waals surface area contributed by atoms with Gasteiger partial charge in [0.2, 0.25) is 5.91 Å². The fraction of sp³-hybridized carbons (Fsp3) is 0.462. The first-order valence-electron chi connectivity index (χ1n) is 5.99. The summed E-state index contributed by atoms with van der Waals surface area (Å²) in [5.41, 5.74) is 12.4. The Kier molecular flexibility index (Phi) is 3.94. The van der Waals surface area contributed by atoms with Crippen molar-refractivity contribution in [3.63, 3.8) is 0 Å². The standard InChI is InChI=1S/C13H18N2OS/c14-11-6-5-10(13(15)16)7-12(11)17-8-9-3-1-2-4-9/h5-7,9H,1-4,8,14H2,(H2,15,16). The number of nitrogens with two attached hydrogens (primary N) is 2. The summed E-state index contributed by atoms with van der Waals surface area (Å²) in [5, 5.41) is 0. The van der Waals surface area contributed by atoms with Crippen LogP contribution in [0.2, 0.25) is 0 Å². The average Bonchev–Trinajstić information content (AvgIpc) is 2.80. The predicted octanol–water partition coefficient (Wildman–Crippen LogP) is 2.65. The van der Waals surface area contributed by atoms with Crippen LogP contribution in [0.4, 0.5) is 5.69 Å². The predicted molar refractivity (Wildman–Crippen MR) is 72.1 cm³/mol. The molecule has 0 bridgehead atoms. The molecule has 1 amide bonds. The van der Waals surface area contributed by atoms with E-state index in [0.29, 0.717) is 5.56 Å². The number of thioether (sulfide) groups is 1. The molecule has 1 aliphatic rings. The van der Waals surface area contributed by atoms with E-state index in [4.69, 9.17) is 11.5 Å². The fourth-order valence-corrected chi connectivity index (χ4v) is 3.39. The normalized spacial score (nSPS) is 16.2. The van der Waals surface area contributed by atoms with Gasteiger partial charge in [-0.3, -0.25) is 4.79 Å². The molecule has 4 N–H and O–H groups in total. The number of benzene rings is 1. The van der Waals surface area contributed by atoms with Crippen molar-refractivity contribution in [1.82, 2.24) is 0 Å². The Bertz CT molecular complexity index is 414. The SMILES string of the molecule is NC(=O)c1ccc(N)c(SCC2CCCC2)c1. The van der Waals surface area contributed by atoms with E-state index >= 15 is 0 Å². The third-order valence-corrected chi connectivity index (χ3v) is 4.55. The highest BCUT2D eigenvalue weighted by atomic mass is 32.2. The molecule has 1 aliphatic carbocycles. The van der Waals surface area contributed by atoms with E-state index in [1.165, 1.54) is 25.7 Å². The molecule has 0 aromatic heterocycles. The van der Waals surface area contributed by atoms with Crippen LogP contribution < -0.4 is 11.5 Å². The minimum Gasteiger partial charge on any atom is -0.398 e. The van der Waals surface area contributed by atoms with Gasteiger partial charge in [0.15, 0.2) is 0 Å². The first-order valence-corrected chi connectivity index (χ1v) is 6.97. The third kappa shape index (κ3) is 3.16. The van der Waals surface area contributed by atoms with Crippen molar-refractivity contribution in [3.05, 3.63) is 23.8 Å². The molecule has 1 saturated carbocycles. The van der Waals surface area contributed by atoms with Crippen molar-refractivity contribution in [2.45, 2.75) is 30.6 Å². The third-order valence-electron chi connectivity index (χ3n) is 3.25. The van der Waals surface area contributed by atoms with Crippen molar-refractivity contribution in [2.75, 3.05) is 11.5 Å². The van der Waals surface area contributed by atoms with Crippen LogP contribution in [0, 0.1) is 5.92 Å². The molecule has 0 aliphatic heterocycles. The number of primary amides is 1. The van der Waals surface area contributed by atoms with Gasteiger partial charge in [0, 0.05) is 21.9 Å². The van der Waals surface area contributed by atoms with Crippen molar-refractivity contribution < 1.29 is 4.79 Å². The fourth-order valence-electron chi connectivity index (χ4n) is 2.20. The smallest absolute Gasteiger partial charge is 0.248 e. The van der Waals surface area contributed by atoms with Gasteiger partial charge in [-0.05, 0) is 37.0 Å². The first-order chi connectivity index (χ1) is 8.16. The second-order valence-corrected chi connectivity index (χ2v) is 5.64. The number of carbonyl (C=O) groups is 1. The Labute approximate surface area is 106 Å². The van der Waals surface area contributed by atoms with Crippen LogP contribution in [0.25, 0.3) is 0 Å². The van der Waals surface area contributed by atoms with Gasteiger partial charge in [-0.1, -0.05) is 12.8 Å². The summed E-state index contributed by atoms with van der Waals surface area (Å²) in [5.74, 6) is 1.50. The molecule has 17 heavy (non-hydrogen) atoms. The highest BCUT2D eigenvalue weighted by Crippen LogP contribution is 2.33. The molecule has 0 heterocycles. The van der Waals surface area contributed by atoms with Gasteiger partial charge in [-0.25, -0.2) is 0 Å². The molecule has 1 fully saturated rings. The van der Waals surface area contributed by atoms with Gasteiger partial charge in [0.25, 0.3) is 0 Å². The van der Waals surface area contributed by atoms with Gasteiger partial charge in [0.05, 0.1) is 0 Å². The van der Waals surface area contributed by atoms with Crippen molar-refractivity contribution >= 4 is 23.4 Å². The highest BCUT2D eigenvalue weighted by Gasteiger charge is 2.16. The van der Waals surface area contributed by atoms with Crippen molar-refractivity contribution in [1.29, 1.82) is 0 Å². The van der Waals surface area contributed by atoms with Crippen LogP contribution in [-0.4, -0.2) is 11.7 Å². The van der Waals surface area contributed by atoms with E-state index in [1.54, 1.807) is 30.0 Å². The number of carbonyl (C=O) groups excluding carboxylic acids is 1. The second-order valence-electron chi connectivity index (χ2n) is 4.58. The number of amides is 1. The summed E-state index contributed by atoms with van der Waals surface area (Å²) >= 11 is 1.74. The topological polar surface area (TPSA) is 69.1 Å². The quantitative estimate of drug-likeness (QED) is 0.637. The Morgan fingerprint density at radius 2 is 2.06 bits per heavy atom. The van der Waals surface area contributed by atoms with E-state index < -0.39 is 5.91 Å². The highest BCUT2D eigenvalue weighted by molar-refractivity contribution is 7.99. The van der Waals surface area contributed by atoms with E-state index in [9.17, 15) is 4.79 Å². The van der Waals surface area contributed by atoms with Gasteiger partial charge < -0.3 is 11.5 Å². The molecule has 2 rings (SSSR count). The zero-order chi connectivity index (χ0) is 12.3. The molecule has 0 spiro atoms. The Morgan fingerprint density at radius 3 is 2.71 bits per heavy atom. The lowest BCUT2D eigenvalue weighted by Crippen LogP contribution is -2.11.